The fourth-order valence-corrected chi connectivity index (χ4v) is 0.800. The Balaban J connectivity index is 4.79. The molecule has 14 heavy (non-hydrogen) atoms. The van der Waals surface area contributed by atoms with Crippen LogP contribution < -0.4 is 5.73 Å². The number of carbonyl (C=O) groups is 1. The van der Waals surface area contributed by atoms with Crippen LogP contribution in [0.25, 0.3) is 0 Å². The maximum Gasteiger partial charge on any atom is 0.160 e. The van der Waals surface area contributed by atoms with Crippen molar-refractivity contribution in [2.24, 2.45) is 5.73 Å². The number of hydrogen-bond donors (Lipinski definition) is 6. The van der Waals surface area contributed by atoms with Gasteiger partial charge in [0.15, 0.2) is 11.9 Å². The average molecular weight is 210 g/mol. The topological polar surface area (TPSA) is 144 Å². The maximum atomic E-state index is 10.5. The van der Waals surface area contributed by atoms with E-state index in [-0.39, 0.29) is 6.29 Å². The number of aliphatic hydroxyl groups excluding tert-OH is 4. The molecule has 84 valence electrons. The Kier molecular flexibility index (Phi) is 4.39. The molecule has 0 heterocycles. The number of aliphatic hydroxyl groups is 5. The standard InChI is InChI=1S/C7H15NO6/c8-2-7(14,3-10)6(13)5(12)4(11)1-9/h3-6,9,11-14H,1-2,8H2/t4-,5-,6+,7-/m1/s1/i2D/t2?,4-,5-,6+,7-. The van der Waals surface area contributed by atoms with E-state index in [1.54, 1.807) is 0 Å². The van der Waals surface area contributed by atoms with Crippen molar-refractivity contribution < 1.29 is 31.7 Å². The molecule has 0 aliphatic rings. The van der Waals surface area contributed by atoms with Crippen LogP contribution in [0.15, 0.2) is 0 Å². The third-order valence-electron chi connectivity index (χ3n) is 1.83. The number of hydrogen-bond acceptors (Lipinski definition) is 7. The number of rotatable bonds is 6. The summed E-state index contributed by atoms with van der Waals surface area (Å²) in [7, 11) is 0. The molecule has 0 aromatic rings. The molecule has 0 aliphatic heterocycles. The van der Waals surface area contributed by atoms with Crippen LogP contribution in [-0.4, -0.2) is 68.9 Å². The number of aldehydes is 1. The molecule has 0 aromatic carbocycles. The molecule has 0 aromatic heterocycles. The molecule has 1 unspecified atom stereocenters. The van der Waals surface area contributed by atoms with Crippen molar-refractivity contribution in [3.05, 3.63) is 0 Å². The van der Waals surface area contributed by atoms with Crippen molar-refractivity contribution in [2.45, 2.75) is 23.9 Å². The second-order valence-electron chi connectivity index (χ2n) is 2.86. The Hall–Kier alpha value is -0.570. The molecular weight excluding hydrogens is 194 g/mol. The molecule has 7 nitrogen and oxygen atoms in total. The Morgan fingerprint density at radius 1 is 1.50 bits per heavy atom. The molecule has 0 aliphatic carbocycles. The summed E-state index contributed by atoms with van der Waals surface area (Å²) in [4.78, 5) is 10.5. The van der Waals surface area contributed by atoms with Crippen LogP contribution in [0.4, 0.5) is 0 Å². The predicted octanol–water partition coefficient (Wildman–Crippen LogP) is -4.05. The largest absolute Gasteiger partial charge is 0.394 e. The van der Waals surface area contributed by atoms with E-state index in [0.717, 1.165) is 0 Å². The quantitative estimate of drug-likeness (QED) is 0.245. The zero-order chi connectivity index (χ0) is 12.2. The summed E-state index contributed by atoms with van der Waals surface area (Å²) >= 11 is 0. The Labute approximate surface area is 81.8 Å². The Morgan fingerprint density at radius 2 is 2.00 bits per heavy atom. The SMILES string of the molecule is [2H]C(N)[C@@](O)(C=O)[C@@H](O)[C@H](O)[C@H](O)CO. The fraction of sp³-hybridized carbons (Fsp3) is 0.857. The van der Waals surface area contributed by atoms with Crippen molar-refractivity contribution >= 4 is 6.29 Å². The highest BCUT2D eigenvalue weighted by atomic mass is 16.4. The lowest BCUT2D eigenvalue weighted by Crippen LogP contribution is -2.58. The van der Waals surface area contributed by atoms with Gasteiger partial charge in [-0.3, -0.25) is 4.79 Å². The smallest absolute Gasteiger partial charge is 0.160 e. The summed E-state index contributed by atoms with van der Waals surface area (Å²) in [6.07, 6.45) is -6.08. The van der Waals surface area contributed by atoms with Crippen LogP contribution in [0.2, 0.25) is 0 Å². The second-order valence-corrected chi connectivity index (χ2v) is 2.86. The molecule has 0 radical (unpaired) electrons. The maximum absolute atomic E-state index is 10.5. The molecular formula is C7H15NO6. The van der Waals surface area contributed by atoms with Gasteiger partial charge in [-0.25, -0.2) is 0 Å². The number of nitrogens with two attached hydrogens (primary N) is 1. The van der Waals surface area contributed by atoms with E-state index in [2.05, 4.69) is 0 Å². The zero-order valence-corrected chi connectivity index (χ0v) is 7.32. The Morgan fingerprint density at radius 3 is 2.29 bits per heavy atom. The van der Waals surface area contributed by atoms with Gasteiger partial charge in [-0.2, -0.15) is 0 Å². The minimum absolute atomic E-state index is 0.192. The first-order valence-electron chi connectivity index (χ1n) is 4.40. The van der Waals surface area contributed by atoms with Crippen molar-refractivity contribution in [1.82, 2.24) is 0 Å². The second kappa shape index (κ2) is 5.35. The van der Waals surface area contributed by atoms with Crippen molar-refractivity contribution in [3.63, 3.8) is 0 Å². The zero-order valence-electron chi connectivity index (χ0n) is 8.32. The minimum Gasteiger partial charge on any atom is -0.394 e. The summed E-state index contributed by atoms with van der Waals surface area (Å²) in [6.45, 7) is -2.76. The first-order chi connectivity index (χ1) is 6.81. The van der Waals surface area contributed by atoms with Crippen LogP contribution in [0.3, 0.4) is 0 Å². The molecule has 0 saturated heterocycles. The van der Waals surface area contributed by atoms with E-state index in [4.69, 9.17) is 17.3 Å². The van der Waals surface area contributed by atoms with Crippen molar-refractivity contribution in [3.8, 4) is 0 Å². The minimum atomic E-state index is -2.70. The summed E-state index contributed by atoms with van der Waals surface area (Å²) < 4.78 is 6.93. The van der Waals surface area contributed by atoms with Gasteiger partial charge in [0.1, 0.15) is 18.3 Å². The van der Waals surface area contributed by atoms with Crippen LogP contribution in [-0.2, 0) is 4.79 Å². The predicted molar refractivity (Wildman–Crippen MR) is 45.2 cm³/mol. The normalized spacial score (nSPS) is 25.4. The van der Waals surface area contributed by atoms with Crippen molar-refractivity contribution in [2.75, 3.05) is 13.1 Å². The molecule has 7 heteroatoms. The van der Waals surface area contributed by atoms with Gasteiger partial charge in [-0.15, -0.1) is 0 Å². The molecule has 5 atom stereocenters. The molecule has 7 N–H and O–H groups in total. The van der Waals surface area contributed by atoms with Gasteiger partial charge < -0.3 is 31.3 Å². The first-order valence-corrected chi connectivity index (χ1v) is 3.82. The lowest BCUT2D eigenvalue weighted by atomic mass is 9.92. The van der Waals surface area contributed by atoms with Crippen LogP contribution >= 0.6 is 0 Å². The molecule has 0 rings (SSSR count). The van der Waals surface area contributed by atoms with Gasteiger partial charge in [0.25, 0.3) is 0 Å². The van der Waals surface area contributed by atoms with E-state index in [1.807, 2.05) is 0 Å². The lowest BCUT2D eigenvalue weighted by molar-refractivity contribution is -0.161. The molecule has 0 spiro atoms. The third-order valence-corrected chi connectivity index (χ3v) is 1.83. The van der Waals surface area contributed by atoms with E-state index in [9.17, 15) is 20.1 Å². The average Bonchev–Trinajstić information content (AvgIpc) is 2.24. The summed E-state index contributed by atoms with van der Waals surface area (Å²) in [5.41, 5.74) is 2.23. The third kappa shape index (κ3) is 2.71. The van der Waals surface area contributed by atoms with Gasteiger partial charge >= 0.3 is 0 Å². The highest BCUT2D eigenvalue weighted by Gasteiger charge is 2.41. The highest BCUT2D eigenvalue weighted by molar-refractivity contribution is 5.63. The van der Waals surface area contributed by atoms with Crippen LogP contribution in [0.5, 0.6) is 0 Å². The van der Waals surface area contributed by atoms with Crippen LogP contribution in [0.1, 0.15) is 1.37 Å². The molecule has 0 amide bonds. The Bertz CT molecular complexity index is 216. The van der Waals surface area contributed by atoms with Gasteiger partial charge in [-0.05, 0) is 0 Å². The monoisotopic (exact) mass is 210 g/mol. The van der Waals surface area contributed by atoms with Gasteiger partial charge in [0.2, 0.25) is 0 Å². The first kappa shape index (κ1) is 11.5. The van der Waals surface area contributed by atoms with Gasteiger partial charge in [0, 0.05) is 7.89 Å². The molecule has 0 bridgehead atoms. The summed E-state index contributed by atoms with van der Waals surface area (Å²) in [6, 6.07) is 0. The molecule has 0 saturated carbocycles. The van der Waals surface area contributed by atoms with E-state index < -0.39 is 37.0 Å². The fourth-order valence-electron chi connectivity index (χ4n) is 0.800. The van der Waals surface area contributed by atoms with E-state index >= 15 is 0 Å². The summed E-state index contributed by atoms with van der Waals surface area (Å²) in [5.74, 6) is 0. The number of carbonyl (C=O) groups excluding carboxylic acids is 1. The highest BCUT2D eigenvalue weighted by Crippen LogP contribution is 2.12. The van der Waals surface area contributed by atoms with Crippen molar-refractivity contribution in [1.29, 1.82) is 0 Å². The lowest BCUT2D eigenvalue weighted by Gasteiger charge is -2.31. The van der Waals surface area contributed by atoms with E-state index in [0.29, 0.717) is 0 Å². The van der Waals surface area contributed by atoms with Gasteiger partial charge in [-0.1, -0.05) is 0 Å². The van der Waals surface area contributed by atoms with Gasteiger partial charge in [0.05, 0.1) is 6.61 Å². The summed E-state index contributed by atoms with van der Waals surface area (Å²) in [5, 5.41) is 45.3. The molecule has 0 fully saturated rings. The van der Waals surface area contributed by atoms with E-state index in [1.165, 1.54) is 0 Å². The van der Waals surface area contributed by atoms with Crippen LogP contribution in [0, 0.1) is 0 Å².